The zero-order valence-electron chi connectivity index (χ0n) is 22.1. The lowest BCUT2D eigenvalue weighted by Gasteiger charge is -2.23. The lowest BCUT2D eigenvalue weighted by Crippen LogP contribution is -2.35. The topological polar surface area (TPSA) is 99.7 Å². The molecule has 40 heavy (non-hydrogen) atoms. The molecule has 2 aromatic heterocycles. The maximum absolute atomic E-state index is 14.2. The average Bonchev–Trinajstić information content (AvgIpc) is 3.34. The molecule has 0 spiro atoms. The maximum Gasteiger partial charge on any atom is 0.275 e. The van der Waals surface area contributed by atoms with Gasteiger partial charge in [0.1, 0.15) is 29.7 Å². The lowest BCUT2D eigenvalue weighted by molar-refractivity contribution is -0.119. The third-order valence-electron chi connectivity index (χ3n) is 7.03. The smallest absolute Gasteiger partial charge is 0.275 e. The number of oxazole rings is 1. The van der Waals surface area contributed by atoms with Crippen molar-refractivity contribution in [3.63, 3.8) is 0 Å². The van der Waals surface area contributed by atoms with Crippen molar-refractivity contribution in [3.8, 4) is 17.0 Å². The van der Waals surface area contributed by atoms with Gasteiger partial charge >= 0.3 is 0 Å². The Kier molecular flexibility index (Phi) is 6.77. The van der Waals surface area contributed by atoms with Gasteiger partial charge in [0.25, 0.3) is 5.56 Å². The van der Waals surface area contributed by atoms with Gasteiger partial charge < -0.3 is 18.8 Å². The van der Waals surface area contributed by atoms with Gasteiger partial charge in [-0.25, -0.2) is 14.1 Å². The molecule has 1 aliphatic rings. The number of rotatable bonds is 6. The van der Waals surface area contributed by atoms with Crippen molar-refractivity contribution >= 4 is 33.5 Å². The molecule has 0 unspecified atom stereocenters. The van der Waals surface area contributed by atoms with Crippen LogP contribution in [0.2, 0.25) is 0 Å². The van der Waals surface area contributed by atoms with Crippen LogP contribution in [0, 0.1) is 12.7 Å². The fourth-order valence-electron chi connectivity index (χ4n) is 4.90. The predicted octanol–water partition coefficient (Wildman–Crippen LogP) is 4.87. The number of nitrogens with zero attached hydrogens (tertiary/aromatic N) is 4. The molecule has 3 heterocycles. The van der Waals surface area contributed by atoms with Crippen molar-refractivity contribution in [3.05, 3.63) is 82.7 Å². The van der Waals surface area contributed by atoms with Crippen molar-refractivity contribution in [2.45, 2.75) is 32.4 Å². The Balaban J connectivity index is 1.38. The van der Waals surface area contributed by atoms with E-state index in [9.17, 15) is 14.0 Å². The minimum Gasteiger partial charge on any atom is -0.490 e. The summed E-state index contributed by atoms with van der Waals surface area (Å²) in [6.45, 7) is 2.67. The van der Waals surface area contributed by atoms with Gasteiger partial charge in [-0.2, -0.15) is 5.10 Å². The Morgan fingerprint density at radius 3 is 2.73 bits per heavy atom. The molecule has 1 saturated heterocycles. The number of likely N-dealkylation sites (N-methyl/N-ethyl adjacent to an activating group) is 1. The van der Waals surface area contributed by atoms with Crippen LogP contribution in [-0.4, -0.2) is 47.0 Å². The minimum absolute atomic E-state index is 0.0151. The van der Waals surface area contributed by atoms with Crippen LogP contribution < -0.4 is 15.2 Å². The predicted molar refractivity (Wildman–Crippen MR) is 148 cm³/mol. The van der Waals surface area contributed by atoms with Crippen LogP contribution in [0.4, 0.5) is 10.1 Å². The third kappa shape index (κ3) is 5.05. The van der Waals surface area contributed by atoms with E-state index < -0.39 is 11.4 Å². The summed E-state index contributed by atoms with van der Waals surface area (Å²) < 4.78 is 32.4. The molecular formula is C30H27FN4O5. The molecule has 0 bridgehead atoms. The van der Waals surface area contributed by atoms with Gasteiger partial charge in [0.15, 0.2) is 11.5 Å². The summed E-state index contributed by atoms with van der Waals surface area (Å²) in [5.41, 5.74) is 2.26. The Morgan fingerprint density at radius 1 is 1.10 bits per heavy atom. The molecule has 1 aliphatic heterocycles. The SMILES string of the molecule is Cc1nc2ccc(N(C)C(=O)Cn3nc(-c4cccc(F)c4)c4ccc(OC5CCOCC5)cc4c3=O)cc2o1. The Morgan fingerprint density at radius 2 is 1.93 bits per heavy atom. The normalized spacial score (nSPS) is 14.1. The van der Waals surface area contributed by atoms with Gasteiger partial charge in [0, 0.05) is 49.5 Å². The quantitative estimate of drug-likeness (QED) is 0.302. The van der Waals surface area contributed by atoms with Crippen molar-refractivity contribution in [1.82, 2.24) is 14.8 Å². The van der Waals surface area contributed by atoms with Crippen LogP contribution in [0.25, 0.3) is 33.1 Å². The first-order valence-corrected chi connectivity index (χ1v) is 13.0. The second kappa shape index (κ2) is 10.5. The number of amides is 1. The highest BCUT2D eigenvalue weighted by atomic mass is 19.1. The molecule has 204 valence electrons. The van der Waals surface area contributed by atoms with Gasteiger partial charge in [-0.15, -0.1) is 0 Å². The van der Waals surface area contributed by atoms with Crippen LogP contribution in [0.1, 0.15) is 18.7 Å². The van der Waals surface area contributed by atoms with Gasteiger partial charge in [-0.1, -0.05) is 12.1 Å². The monoisotopic (exact) mass is 542 g/mol. The fraction of sp³-hybridized carbons (Fsp3) is 0.267. The molecule has 0 aliphatic carbocycles. The van der Waals surface area contributed by atoms with E-state index in [0.29, 0.717) is 63.7 Å². The number of fused-ring (bicyclic) bond motifs is 2. The highest BCUT2D eigenvalue weighted by Gasteiger charge is 2.20. The maximum atomic E-state index is 14.2. The average molecular weight is 543 g/mol. The number of carbonyl (C=O) groups excluding carboxylic acids is 1. The summed E-state index contributed by atoms with van der Waals surface area (Å²) >= 11 is 0. The number of anilines is 1. The molecule has 0 saturated carbocycles. The molecule has 3 aromatic carbocycles. The number of carbonyl (C=O) groups is 1. The summed E-state index contributed by atoms with van der Waals surface area (Å²) in [6.07, 6.45) is 1.50. The largest absolute Gasteiger partial charge is 0.490 e. The number of aromatic nitrogens is 3. The van der Waals surface area contributed by atoms with E-state index >= 15 is 0 Å². The number of hydrogen-bond acceptors (Lipinski definition) is 7. The second-order valence-corrected chi connectivity index (χ2v) is 9.80. The molecule has 6 rings (SSSR count). The van der Waals surface area contributed by atoms with Crippen molar-refractivity contribution in [2.75, 3.05) is 25.2 Å². The summed E-state index contributed by atoms with van der Waals surface area (Å²) in [5, 5.41) is 5.40. The fourth-order valence-corrected chi connectivity index (χ4v) is 4.90. The number of halogens is 1. The molecule has 10 heteroatoms. The van der Waals surface area contributed by atoms with E-state index in [1.165, 1.54) is 17.0 Å². The third-order valence-corrected chi connectivity index (χ3v) is 7.03. The van der Waals surface area contributed by atoms with Crippen molar-refractivity contribution < 1.29 is 23.1 Å². The Bertz CT molecular complexity index is 1790. The van der Waals surface area contributed by atoms with E-state index in [2.05, 4.69) is 10.1 Å². The number of benzene rings is 3. The second-order valence-electron chi connectivity index (χ2n) is 9.80. The first kappa shape index (κ1) is 25.7. The first-order chi connectivity index (χ1) is 19.4. The van der Waals surface area contributed by atoms with E-state index in [1.807, 2.05) is 0 Å². The van der Waals surface area contributed by atoms with Gasteiger partial charge in [-0.05, 0) is 42.5 Å². The van der Waals surface area contributed by atoms with E-state index in [1.54, 1.807) is 62.5 Å². The zero-order chi connectivity index (χ0) is 27.8. The molecule has 0 radical (unpaired) electrons. The van der Waals surface area contributed by atoms with Crippen LogP contribution in [0.3, 0.4) is 0 Å². The molecule has 5 aromatic rings. The van der Waals surface area contributed by atoms with Crippen LogP contribution >= 0.6 is 0 Å². The molecule has 0 atom stereocenters. The Labute approximate surface area is 228 Å². The van der Waals surface area contributed by atoms with E-state index in [0.717, 1.165) is 17.5 Å². The van der Waals surface area contributed by atoms with Crippen molar-refractivity contribution in [2.24, 2.45) is 0 Å². The standard InChI is InChI=1S/C30H27FN4O5/c1-18-32-26-9-6-21(15-27(26)39-18)34(2)28(36)17-35-30(37)25-16-23(40-22-10-12-38-13-11-22)7-8-24(25)29(33-35)19-4-3-5-20(31)14-19/h3-9,14-16,22H,10-13,17H2,1-2H3. The number of aryl methyl sites for hydroxylation is 1. The summed E-state index contributed by atoms with van der Waals surface area (Å²) in [5.74, 6) is 0.263. The van der Waals surface area contributed by atoms with Crippen LogP contribution in [0.15, 0.2) is 69.9 Å². The van der Waals surface area contributed by atoms with Crippen LogP contribution in [0.5, 0.6) is 5.75 Å². The van der Waals surface area contributed by atoms with E-state index in [-0.39, 0.29) is 18.6 Å². The molecule has 1 amide bonds. The Hall–Kier alpha value is -4.57. The number of ether oxygens (including phenoxy) is 2. The van der Waals surface area contributed by atoms with Gasteiger partial charge in [0.2, 0.25) is 5.91 Å². The van der Waals surface area contributed by atoms with Crippen molar-refractivity contribution in [1.29, 1.82) is 0 Å². The van der Waals surface area contributed by atoms with E-state index in [4.69, 9.17) is 13.9 Å². The molecular weight excluding hydrogens is 515 g/mol. The zero-order valence-corrected chi connectivity index (χ0v) is 22.1. The lowest BCUT2D eigenvalue weighted by atomic mass is 10.0. The highest BCUT2D eigenvalue weighted by molar-refractivity contribution is 5.96. The summed E-state index contributed by atoms with van der Waals surface area (Å²) in [4.78, 5) is 32.7. The van der Waals surface area contributed by atoms with Crippen LogP contribution in [-0.2, 0) is 16.1 Å². The number of hydrogen-bond donors (Lipinski definition) is 0. The molecule has 1 fully saturated rings. The molecule has 9 nitrogen and oxygen atoms in total. The molecule has 0 N–H and O–H groups in total. The highest BCUT2D eigenvalue weighted by Crippen LogP contribution is 2.29. The van der Waals surface area contributed by atoms with Gasteiger partial charge in [-0.3, -0.25) is 9.59 Å². The first-order valence-electron chi connectivity index (χ1n) is 13.0. The van der Waals surface area contributed by atoms with Gasteiger partial charge in [0.05, 0.1) is 24.3 Å². The minimum atomic E-state index is -0.448. The summed E-state index contributed by atoms with van der Waals surface area (Å²) in [6, 6.07) is 16.5. The summed E-state index contributed by atoms with van der Waals surface area (Å²) in [7, 11) is 1.62.